The number of hydrogen-bond acceptors (Lipinski definition) is 4. The van der Waals surface area contributed by atoms with Crippen molar-refractivity contribution in [3.05, 3.63) is 24.0 Å². The minimum absolute atomic E-state index is 0.151. The maximum Gasteiger partial charge on any atom is 0.239 e. The van der Waals surface area contributed by atoms with Crippen molar-refractivity contribution in [2.24, 2.45) is 7.05 Å². The van der Waals surface area contributed by atoms with Gasteiger partial charge in [-0.3, -0.25) is 5.10 Å². The number of anilines is 1. The van der Waals surface area contributed by atoms with Crippen LogP contribution >= 0.6 is 0 Å². The second-order valence-corrected chi connectivity index (χ2v) is 3.67. The third-order valence-corrected chi connectivity index (χ3v) is 2.56. The predicted octanol–water partition coefficient (Wildman–Crippen LogP) is 1.08. The largest absolute Gasteiger partial charge is 0.366 e. The average Bonchev–Trinajstić information content (AvgIpc) is 2.83. The van der Waals surface area contributed by atoms with Gasteiger partial charge in [0.05, 0.1) is 11.0 Å². The zero-order valence-corrected chi connectivity index (χ0v) is 8.98. The first-order valence-electron chi connectivity index (χ1n) is 4.95. The van der Waals surface area contributed by atoms with E-state index in [0.717, 1.165) is 5.52 Å². The molecule has 0 unspecified atom stereocenters. The van der Waals surface area contributed by atoms with E-state index in [-0.39, 0.29) is 11.8 Å². The molecule has 0 fully saturated rings. The van der Waals surface area contributed by atoms with Crippen LogP contribution in [0, 0.1) is 5.82 Å². The number of nitrogens with two attached hydrogens (primary N) is 1. The van der Waals surface area contributed by atoms with Gasteiger partial charge in [0.2, 0.25) is 5.95 Å². The molecule has 0 radical (unpaired) electrons. The van der Waals surface area contributed by atoms with Crippen LogP contribution in [-0.2, 0) is 7.05 Å². The van der Waals surface area contributed by atoms with Crippen molar-refractivity contribution in [2.45, 2.75) is 0 Å². The Kier molecular flexibility index (Phi) is 1.88. The molecular formula is C10H9FN6. The number of fused-ring (bicyclic) bond motifs is 1. The van der Waals surface area contributed by atoms with E-state index in [1.165, 1.54) is 12.1 Å². The molecule has 0 amide bonds. The van der Waals surface area contributed by atoms with Gasteiger partial charge in [-0.05, 0) is 12.1 Å². The molecule has 17 heavy (non-hydrogen) atoms. The Balaban J connectivity index is 2.27. The van der Waals surface area contributed by atoms with Crippen LogP contribution in [0.25, 0.3) is 22.7 Å². The molecule has 2 aromatic heterocycles. The number of nitrogens with one attached hydrogen (secondary N) is 1. The van der Waals surface area contributed by atoms with Gasteiger partial charge < -0.3 is 10.3 Å². The molecule has 3 aromatic rings. The van der Waals surface area contributed by atoms with Crippen molar-refractivity contribution < 1.29 is 4.39 Å². The average molecular weight is 232 g/mol. The summed E-state index contributed by atoms with van der Waals surface area (Å²) in [5, 5.41) is 6.41. The molecule has 0 saturated heterocycles. The molecule has 0 bridgehead atoms. The van der Waals surface area contributed by atoms with Gasteiger partial charge >= 0.3 is 0 Å². The van der Waals surface area contributed by atoms with E-state index in [1.807, 2.05) is 7.05 Å². The van der Waals surface area contributed by atoms with E-state index in [4.69, 9.17) is 5.73 Å². The fourth-order valence-electron chi connectivity index (χ4n) is 1.76. The molecule has 0 aliphatic carbocycles. The molecule has 0 aliphatic heterocycles. The second-order valence-electron chi connectivity index (χ2n) is 3.67. The molecule has 7 heteroatoms. The highest BCUT2D eigenvalue weighted by molar-refractivity contribution is 5.79. The monoisotopic (exact) mass is 232 g/mol. The fourth-order valence-corrected chi connectivity index (χ4v) is 1.76. The molecule has 2 heterocycles. The van der Waals surface area contributed by atoms with Crippen LogP contribution in [0.2, 0.25) is 0 Å². The Morgan fingerprint density at radius 2 is 2.18 bits per heavy atom. The zero-order chi connectivity index (χ0) is 12.0. The Morgan fingerprint density at radius 1 is 1.35 bits per heavy atom. The van der Waals surface area contributed by atoms with Gasteiger partial charge in [-0.25, -0.2) is 9.37 Å². The van der Waals surface area contributed by atoms with E-state index >= 15 is 0 Å². The smallest absolute Gasteiger partial charge is 0.239 e. The van der Waals surface area contributed by atoms with Gasteiger partial charge in [0.15, 0.2) is 11.6 Å². The highest BCUT2D eigenvalue weighted by Crippen LogP contribution is 2.21. The van der Waals surface area contributed by atoms with Crippen LogP contribution in [0.4, 0.5) is 10.3 Å². The summed E-state index contributed by atoms with van der Waals surface area (Å²) in [5.74, 6) is 0.855. The van der Waals surface area contributed by atoms with Gasteiger partial charge in [0.1, 0.15) is 5.82 Å². The Hall–Kier alpha value is -2.44. The molecule has 86 valence electrons. The summed E-state index contributed by atoms with van der Waals surface area (Å²) in [6.45, 7) is 0. The van der Waals surface area contributed by atoms with Gasteiger partial charge in [0, 0.05) is 13.1 Å². The zero-order valence-electron chi connectivity index (χ0n) is 8.98. The first kappa shape index (κ1) is 9.76. The van der Waals surface area contributed by atoms with Crippen LogP contribution in [0.3, 0.4) is 0 Å². The topological polar surface area (TPSA) is 85.4 Å². The Bertz CT molecular complexity index is 698. The maximum atomic E-state index is 13.1. The van der Waals surface area contributed by atoms with Crippen LogP contribution in [0.1, 0.15) is 0 Å². The SMILES string of the molecule is Cn1c(-c2nc(N)n[nH]2)nc2cc(F)ccc21. The minimum Gasteiger partial charge on any atom is -0.366 e. The number of aryl methyl sites for hydroxylation is 1. The number of nitrogen functional groups attached to an aromatic ring is 1. The number of aromatic nitrogens is 5. The van der Waals surface area contributed by atoms with Gasteiger partial charge in [-0.2, -0.15) is 4.98 Å². The van der Waals surface area contributed by atoms with Crippen molar-refractivity contribution in [3.8, 4) is 11.6 Å². The van der Waals surface area contributed by atoms with Gasteiger partial charge in [0.25, 0.3) is 0 Å². The predicted molar refractivity (Wildman–Crippen MR) is 60.5 cm³/mol. The summed E-state index contributed by atoms with van der Waals surface area (Å²) in [4.78, 5) is 8.28. The van der Waals surface area contributed by atoms with E-state index in [2.05, 4.69) is 20.2 Å². The lowest BCUT2D eigenvalue weighted by Gasteiger charge is -1.97. The number of H-pyrrole nitrogens is 1. The van der Waals surface area contributed by atoms with E-state index in [0.29, 0.717) is 17.2 Å². The lowest BCUT2D eigenvalue weighted by atomic mass is 10.3. The second kappa shape index (κ2) is 3.27. The lowest BCUT2D eigenvalue weighted by molar-refractivity contribution is 0.629. The normalized spacial score (nSPS) is 11.2. The number of halogens is 1. The van der Waals surface area contributed by atoms with E-state index in [9.17, 15) is 4.39 Å². The maximum absolute atomic E-state index is 13.1. The highest BCUT2D eigenvalue weighted by atomic mass is 19.1. The van der Waals surface area contributed by atoms with Crippen molar-refractivity contribution >= 4 is 17.0 Å². The molecule has 0 aliphatic rings. The minimum atomic E-state index is -0.320. The Labute approximate surface area is 95.3 Å². The molecule has 3 N–H and O–H groups in total. The highest BCUT2D eigenvalue weighted by Gasteiger charge is 2.13. The first-order chi connectivity index (χ1) is 8.15. The summed E-state index contributed by atoms with van der Waals surface area (Å²) < 4.78 is 14.9. The van der Waals surface area contributed by atoms with Crippen LogP contribution in [0.5, 0.6) is 0 Å². The van der Waals surface area contributed by atoms with Crippen molar-refractivity contribution in [1.29, 1.82) is 0 Å². The summed E-state index contributed by atoms with van der Waals surface area (Å²) >= 11 is 0. The van der Waals surface area contributed by atoms with Crippen molar-refractivity contribution in [1.82, 2.24) is 24.7 Å². The summed E-state index contributed by atoms with van der Waals surface area (Å²) in [6, 6.07) is 4.43. The van der Waals surface area contributed by atoms with Crippen LogP contribution in [0.15, 0.2) is 18.2 Å². The third-order valence-electron chi connectivity index (χ3n) is 2.56. The van der Waals surface area contributed by atoms with Gasteiger partial charge in [-0.1, -0.05) is 0 Å². The van der Waals surface area contributed by atoms with Crippen LogP contribution < -0.4 is 5.73 Å². The summed E-state index contributed by atoms with van der Waals surface area (Å²) in [7, 11) is 1.82. The third kappa shape index (κ3) is 1.43. The van der Waals surface area contributed by atoms with Crippen LogP contribution in [-0.4, -0.2) is 24.7 Å². The van der Waals surface area contributed by atoms with Gasteiger partial charge in [-0.15, -0.1) is 5.10 Å². The van der Waals surface area contributed by atoms with Crippen molar-refractivity contribution in [3.63, 3.8) is 0 Å². The molecule has 3 rings (SSSR count). The number of aromatic amines is 1. The molecule has 0 saturated carbocycles. The standard InChI is InChI=1S/C10H9FN6/c1-17-7-3-2-5(11)4-6(7)13-9(17)8-14-10(12)16-15-8/h2-4H,1H3,(H3,12,14,15,16). The molecule has 0 spiro atoms. The number of hydrogen-bond donors (Lipinski definition) is 2. The quantitative estimate of drug-likeness (QED) is 0.657. The summed E-state index contributed by atoms with van der Waals surface area (Å²) in [6.07, 6.45) is 0. The number of nitrogens with zero attached hydrogens (tertiary/aromatic N) is 4. The number of imidazole rings is 1. The van der Waals surface area contributed by atoms with E-state index < -0.39 is 0 Å². The molecular weight excluding hydrogens is 223 g/mol. The molecule has 1 aromatic carbocycles. The fraction of sp³-hybridized carbons (Fsp3) is 0.100. The number of rotatable bonds is 1. The number of benzene rings is 1. The molecule has 6 nitrogen and oxygen atoms in total. The van der Waals surface area contributed by atoms with E-state index in [1.54, 1.807) is 10.6 Å². The van der Waals surface area contributed by atoms with Crippen molar-refractivity contribution in [2.75, 3.05) is 5.73 Å². The lowest BCUT2D eigenvalue weighted by Crippen LogP contribution is -1.94. The first-order valence-corrected chi connectivity index (χ1v) is 4.95. The summed E-state index contributed by atoms with van der Waals surface area (Å²) in [5.41, 5.74) is 6.82. The Morgan fingerprint density at radius 3 is 2.88 bits per heavy atom. The molecule has 0 atom stereocenters.